The van der Waals surface area contributed by atoms with Crippen molar-refractivity contribution in [3.63, 3.8) is 0 Å². The molecule has 0 fully saturated rings. The molecule has 158 valence electrons. The van der Waals surface area contributed by atoms with Crippen molar-refractivity contribution in [3.05, 3.63) is 65.4 Å². The van der Waals surface area contributed by atoms with E-state index >= 15 is 0 Å². The second-order valence-corrected chi connectivity index (χ2v) is 6.28. The molecule has 0 bridgehead atoms. The summed E-state index contributed by atoms with van der Waals surface area (Å²) in [7, 11) is 1.52. The summed E-state index contributed by atoms with van der Waals surface area (Å²) in [6, 6.07) is 12.3. The topological polar surface area (TPSA) is 56.8 Å². The van der Waals surface area contributed by atoms with Gasteiger partial charge in [-0.15, -0.1) is 6.42 Å². The van der Waals surface area contributed by atoms with Crippen LogP contribution in [0.25, 0.3) is 5.57 Å². The van der Waals surface area contributed by atoms with Crippen molar-refractivity contribution in [2.24, 2.45) is 0 Å². The Kier molecular flexibility index (Phi) is 8.70. The van der Waals surface area contributed by atoms with Crippen LogP contribution in [0.1, 0.15) is 16.7 Å². The van der Waals surface area contributed by atoms with E-state index < -0.39 is 12.5 Å². The van der Waals surface area contributed by atoms with Crippen LogP contribution in [0.2, 0.25) is 0 Å². The van der Waals surface area contributed by atoms with Crippen LogP contribution in [0.4, 0.5) is 8.78 Å². The lowest BCUT2D eigenvalue weighted by molar-refractivity contribution is -0.116. The number of methoxy groups -OCH3 is 1. The number of amides is 1. The van der Waals surface area contributed by atoms with Crippen LogP contribution < -0.4 is 14.8 Å². The molecule has 0 spiro atoms. The minimum absolute atomic E-state index is 0.0194. The standard InChI is InChI=1S/C23H23F2NO4/c1-4-13-29-20-10-7-17(14-21(20)28-3)11-12-26-22(27)19(15-30-23(24)25)18-8-5-16(2)6-9-18/h1,5-10,14-15,23H,11-13H2,2-3H3,(H,26,27)/b19-15+. The smallest absolute Gasteiger partial charge is 0.386 e. The second kappa shape index (κ2) is 11.5. The maximum atomic E-state index is 12.6. The third-order valence-corrected chi connectivity index (χ3v) is 4.13. The molecule has 0 unspecified atom stereocenters. The molecule has 0 heterocycles. The van der Waals surface area contributed by atoms with Gasteiger partial charge in [-0.25, -0.2) is 0 Å². The minimum atomic E-state index is -3.01. The average Bonchev–Trinajstić information content (AvgIpc) is 2.73. The van der Waals surface area contributed by atoms with Gasteiger partial charge in [0.05, 0.1) is 12.7 Å². The van der Waals surface area contributed by atoms with Crippen molar-refractivity contribution in [1.82, 2.24) is 5.32 Å². The SMILES string of the molecule is C#CCOc1ccc(CCNC(=O)/C(=C/OC(F)F)c2ccc(C)cc2)cc1OC. The first-order valence-corrected chi connectivity index (χ1v) is 9.16. The Morgan fingerprint density at radius 3 is 2.57 bits per heavy atom. The van der Waals surface area contributed by atoms with Gasteiger partial charge in [0.25, 0.3) is 5.91 Å². The fraction of sp³-hybridized carbons (Fsp3) is 0.261. The molecule has 30 heavy (non-hydrogen) atoms. The molecule has 0 atom stereocenters. The van der Waals surface area contributed by atoms with Gasteiger partial charge in [0.15, 0.2) is 11.5 Å². The molecule has 0 aromatic heterocycles. The Bertz CT molecular complexity index is 918. The quantitative estimate of drug-likeness (QED) is 0.363. The van der Waals surface area contributed by atoms with Crippen LogP contribution in [0.15, 0.2) is 48.7 Å². The number of ether oxygens (including phenoxy) is 3. The number of carbonyl (C=O) groups excluding carboxylic acids is 1. The molecule has 2 rings (SSSR count). The predicted octanol–water partition coefficient (Wildman–Crippen LogP) is 3.95. The number of halogens is 2. The number of benzene rings is 2. The zero-order chi connectivity index (χ0) is 21.9. The first-order chi connectivity index (χ1) is 14.4. The molecule has 2 aromatic rings. The molecule has 7 heteroatoms. The van der Waals surface area contributed by atoms with Gasteiger partial charge in [-0.05, 0) is 36.6 Å². The number of carbonyl (C=O) groups is 1. The highest BCUT2D eigenvalue weighted by Gasteiger charge is 2.14. The zero-order valence-corrected chi connectivity index (χ0v) is 16.8. The van der Waals surface area contributed by atoms with Crippen molar-refractivity contribution in [3.8, 4) is 23.8 Å². The Morgan fingerprint density at radius 2 is 1.93 bits per heavy atom. The van der Waals surface area contributed by atoms with Gasteiger partial charge in [0.2, 0.25) is 0 Å². The predicted molar refractivity (Wildman–Crippen MR) is 110 cm³/mol. The zero-order valence-electron chi connectivity index (χ0n) is 16.8. The van der Waals surface area contributed by atoms with Crippen LogP contribution in [0, 0.1) is 19.3 Å². The number of terminal acetylenes is 1. The van der Waals surface area contributed by atoms with Crippen molar-refractivity contribution in [2.75, 3.05) is 20.3 Å². The number of nitrogens with one attached hydrogen (secondary N) is 1. The summed E-state index contributed by atoms with van der Waals surface area (Å²) in [5, 5.41) is 2.72. The summed E-state index contributed by atoms with van der Waals surface area (Å²) in [6.45, 7) is -0.716. The van der Waals surface area contributed by atoms with Gasteiger partial charge in [-0.2, -0.15) is 8.78 Å². The molecular formula is C23H23F2NO4. The van der Waals surface area contributed by atoms with Gasteiger partial charge in [-0.3, -0.25) is 4.79 Å². The third-order valence-electron chi connectivity index (χ3n) is 4.13. The van der Waals surface area contributed by atoms with Crippen molar-refractivity contribution < 1.29 is 27.8 Å². The van der Waals surface area contributed by atoms with Gasteiger partial charge < -0.3 is 19.5 Å². The van der Waals surface area contributed by atoms with E-state index in [1.165, 1.54) is 7.11 Å². The van der Waals surface area contributed by atoms with E-state index in [9.17, 15) is 13.6 Å². The molecule has 0 saturated heterocycles. The second-order valence-electron chi connectivity index (χ2n) is 6.28. The minimum Gasteiger partial charge on any atom is -0.493 e. The molecule has 1 amide bonds. The Labute approximate surface area is 174 Å². The van der Waals surface area contributed by atoms with E-state index in [1.807, 2.05) is 13.0 Å². The van der Waals surface area contributed by atoms with E-state index in [-0.39, 0.29) is 18.7 Å². The molecule has 0 radical (unpaired) electrons. The van der Waals surface area contributed by atoms with E-state index in [0.29, 0.717) is 23.5 Å². The van der Waals surface area contributed by atoms with E-state index in [0.717, 1.165) is 17.4 Å². The lowest BCUT2D eigenvalue weighted by Gasteiger charge is -2.12. The van der Waals surface area contributed by atoms with Gasteiger partial charge in [-0.1, -0.05) is 41.8 Å². The monoisotopic (exact) mass is 415 g/mol. The Balaban J connectivity index is 2.04. The van der Waals surface area contributed by atoms with Gasteiger partial charge in [0.1, 0.15) is 12.9 Å². The summed E-state index contributed by atoms with van der Waals surface area (Å²) in [5.41, 5.74) is 2.38. The highest BCUT2D eigenvalue weighted by Crippen LogP contribution is 2.28. The van der Waals surface area contributed by atoms with Crippen LogP contribution in [0.3, 0.4) is 0 Å². The fourth-order valence-corrected chi connectivity index (χ4v) is 2.63. The summed E-state index contributed by atoms with van der Waals surface area (Å²) in [4.78, 5) is 12.6. The van der Waals surface area contributed by atoms with Crippen molar-refractivity contribution in [1.29, 1.82) is 0 Å². The molecule has 0 aliphatic rings. The number of rotatable bonds is 10. The highest BCUT2D eigenvalue weighted by atomic mass is 19.3. The number of hydrogen-bond donors (Lipinski definition) is 1. The summed E-state index contributed by atoms with van der Waals surface area (Å²) >= 11 is 0. The van der Waals surface area contributed by atoms with Crippen LogP contribution in [-0.4, -0.2) is 32.8 Å². The van der Waals surface area contributed by atoms with E-state index in [2.05, 4.69) is 16.0 Å². The maximum Gasteiger partial charge on any atom is 0.386 e. The van der Waals surface area contributed by atoms with Crippen LogP contribution in [0.5, 0.6) is 11.5 Å². The first-order valence-electron chi connectivity index (χ1n) is 9.16. The van der Waals surface area contributed by atoms with Gasteiger partial charge in [0, 0.05) is 6.54 Å². The molecule has 0 aliphatic heterocycles. The van der Waals surface area contributed by atoms with Crippen molar-refractivity contribution >= 4 is 11.5 Å². The van der Waals surface area contributed by atoms with Gasteiger partial charge >= 0.3 is 6.61 Å². The molecule has 0 saturated carbocycles. The summed E-state index contributed by atoms with van der Waals surface area (Å²) in [6.07, 6.45) is 6.47. The number of alkyl halides is 2. The average molecular weight is 415 g/mol. The Morgan fingerprint density at radius 1 is 1.20 bits per heavy atom. The third kappa shape index (κ3) is 6.82. The summed E-state index contributed by atoms with van der Waals surface area (Å²) < 4.78 is 39.9. The molecule has 2 aromatic carbocycles. The van der Waals surface area contributed by atoms with E-state index in [1.54, 1.807) is 36.4 Å². The molecular weight excluding hydrogens is 392 g/mol. The Hall–Kier alpha value is -3.53. The summed E-state index contributed by atoms with van der Waals surface area (Å²) in [5.74, 6) is 2.92. The normalized spacial score (nSPS) is 11.0. The lowest BCUT2D eigenvalue weighted by Crippen LogP contribution is -2.27. The first kappa shape index (κ1) is 22.8. The highest BCUT2D eigenvalue weighted by molar-refractivity contribution is 6.19. The maximum absolute atomic E-state index is 12.6. The molecule has 0 aliphatic carbocycles. The lowest BCUT2D eigenvalue weighted by atomic mass is 10.0. The largest absolute Gasteiger partial charge is 0.493 e. The van der Waals surface area contributed by atoms with Crippen LogP contribution in [-0.2, 0) is 16.0 Å². The van der Waals surface area contributed by atoms with E-state index in [4.69, 9.17) is 15.9 Å². The molecule has 1 N–H and O–H groups in total. The van der Waals surface area contributed by atoms with Crippen molar-refractivity contribution in [2.45, 2.75) is 20.0 Å². The number of hydrogen-bond acceptors (Lipinski definition) is 4. The number of aryl methyl sites for hydroxylation is 1. The molecule has 5 nitrogen and oxygen atoms in total. The van der Waals surface area contributed by atoms with Crippen LogP contribution >= 0.6 is 0 Å². The fourth-order valence-electron chi connectivity index (χ4n) is 2.63.